The average molecular weight is 452 g/mol. The van der Waals surface area contributed by atoms with Gasteiger partial charge in [-0.05, 0) is 32.0 Å². The number of hydrogen-bond acceptors (Lipinski definition) is 5. The summed E-state index contributed by atoms with van der Waals surface area (Å²) in [5.74, 6) is -1.11. The third-order valence-electron chi connectivity index (χ3n) is 3.78. The Kier molecular flexibility index (Phi) is 5.67. The number of rotatable bonds is 5. The topological polar surface area (TPSA) is 69.0 Å². The van der Waals surface area contributed by atoms with Crippen molar-refractivity contribution in [3.63, 3.8) is 0 Å². The molecular weight excluding hydrogens is 438 g/mol. The van der Waals surface area contributed by atoms with Crippen LogP contribution < -0.4 is 10.1 Å². The molecule has 0 spiro atoms. The van der Waals surface area contributed by atoms with Gasteiger partial charge in [0.25, 0.3) is 5.91 Å². The number of nitrogens with zero attached hydrogens (tertiary/aromatic N) is 3. The number of hydrogen-bond donors (Lipinski definition) is 1. The second-order valence-electron chi connectivity index (χ2n) is 6.45. The molecule has 3 rings (SSSR count). The molecule has 1 amide bonds. The van der Waals surface area contributed by atoms with E-state index in [9.17, 15) is 31.1 Å². The van der Waals surface area contributed by atoms with E-state index in [1.54, 1.807) is 0 Å². The van der Waals surface area contributed by atoms with Gasteiger partial charge in [0, 0.05) is 6.04 Å². The van der Waals surface area contributed by atoms with Crippen molar-refractivity contribution in [3.8, 4) is 5.75 Å². The molecule has 1 N–H and O–H groups in total. The van der Waals surface area contributed by atoms with Gasteiger partial charge in [-0.15, -0.1) is 0 Å². The highest BCUT2D eigenvalue weighted by Crippen LogP contribution is 2.35. The molecular formula is C17H14F6N4O2S. The molecule has 1 aromatic carbocycles. The highest BCUT2D eigenvalue weighted by Gasteiger charge is 2.40. The fraction of sp³-hybridized carbons (Fsp3) is 0.353. The summed E-state index contributed by atoms with van der Waals surface area (Å²) in [6.45, 7) is 1.52. The molecule has 30 heavy (non-hydrogen) atoms. The summed E-state index contributed by atoms with van der Waals surface area (Å²) < 4.78 is 82.8. The minimum Gasteiger partial charge on any atom is -0.484 e. The lowest BCUT2D eigenvalue weighted by atomic mass is 10.2. The summed E-state index contributed by atoms with van der Waals surface area (Å²) in [7, 11) is 0. The molecule has 3 aromatic rings. The summed E-state index contributed by atoms with van der Waals surface area (Å²) in [5.41, 5.74) is -1.51. The zero-order valence-corrected chi connectivity index (χ0v) is 16.2. The highest BCUT2D eigenvalue weighted by atomic mass is 32.1. The molecule has 0 atom stereocenters. The highest BCUT2D eigenvalue weighted by molar-refractivity contribution is 7.22. The Morgan fingerprint density at radius 1 is 1.23 bits per heavy atom. The van der Waals surface area contributed by atoms with Crippen LogP contribution in [0.2, 0.25) is 0 Å². The number of amides is 1. The normalized spacial score (nSPS) is 12.6. The van der Waals surface area contributed by atoms with Crippen LogP contribution in [0.1, 0.15) is 35.9 Å². The van der Waals surface area contributed by atoms with E-state index in [-0.39, 0.29) is 10.9 Å². The number of anilines is 1. The van der Waals surface area contributed by atoms with Crippen LogP contribution in [0, 0.1) is 0 Å². The molecule has 0 aliphatic carbocycles. The number of nitrogens with one attached hydrogen (secondary N) is 1. The Bertz CT molecular complexity index is 1070. The Hall–Kier alpha value is -2.83. The zero-order valence-electron chi connectivity index (χ0n) is 15.4. The fourth-order valence-electron chi connectivity index (χ4n) is 2.58. The van der Waals surface area contributed by atoms with Crippen molar-refractivity contribution in [2.24, 2.45) is 0 Å². The van der Waals surface area contributed by atoms with E-state index >= 15 is 0 Å². The third kappa shape index (κ3) is 4.83. The molecule has 0 saturated carbocycles. The second kappa shape index (κ2) is 7.78. The number of alkyl halides is 6. The third-order valence-corrected chi connectivity index (χ3v) is 4.71. The summed E-state index contributed by atoms with van der Waals surface area (Å²) in [4.78, 5) is 16.5. The van der Waals surface area contributed by atoms with Gasteiger partial charge in [0.2, 0.25) is 0 Å². The van der Waals surface area contributed by atoms with E-state index in [0.29, 0.717) is 14.9 Å². The molecule has 13 heteroatoms. The van der Waals surface area contributed by atoms with Crippen LogP contribution in [-0.4, -0.2) is 33.5 Å². The first kappa shape index (κ1) is 21.9. The molecule has 2 heterocycles. The smallest absolute Gasteiger partial charge is 0.433 e. The zero-order chi connectivity index (χ0) is 22.3. The Balaban J connectivity index is 1.84. The molecule has 0 unspecified atom stereocenters. The van der Waals surface area contributed by atoms with E-state index in [1.165, 1.54) is 32.0 Å². The van der Waals surface area contributed by atoms with Crippen molar-refractivity contribution in [1.82, 2.24) is 14.8 Å². The first-order chi connectivity index (χ1) is 13.8. The van der Waals surface area contributed by atoms with E-state index < -0.39 is 42.2 Å². The number of benzene rings is 1. The molecule has 6 nitrogen and oxygen atoms in total. The molecule has 0 bridgehead atoms. The predicted octanol–water partition coefficient (Wildman–Crippen LogP) is 5.29. The van der Waals surface area contributed by atoms with Crippen molar-refractivity contribution in [3.05, 3.63) is 35.7 Å². The fourth-order valence-corrected chi connectivity index (χ4v) is 3.47. The lowest BCUT2D eigenvalue weighted by Crippen LogP contribution is -2.22. The van der Waals surface area contributed by atoms with Gasteiger partial charge in [0.15, 0.2) is 17.4 Å². The van der Waals surface area contributed by atoms with Gasteiger partial charge in [0.1, 0.15) is 5.75 Å². The Labute approximate surface area is 169 Å². The van der Waals surface area contributed by atoms with Gasteiger partial charge < -0.3 is 4.74 Å². The van der Waals surface area contributed by atoms with Crippen molar-refractivity contribution in [2.45, 2.75) is 32.2 Å². The summed E-state index contributed by atoms with van der Waals surface area (Å²) >= 11 is 0.881. The molecule has 0 radical (unpaired) electrons. The van der Waals surface area contributed by atoms with Crippen LogP contribution >= 0.6 is 11.3 Å². The molecule has 0 fully saturated rings. The number of thiazole rings is 1. The minimum absolute atomic E-state index is 0.0200. The molecule has 0 saturated heterocycles. The SMILES string of the molecule is CC(C)n1ncc(C(=O)Nc2nc3ccc(OCC(F)(F)F)cc3s2)c1C(F)(F)F. The molecule has 2 aromatic heterocycles. The van der Waals surface area contributed by atoms with Crippen LogP contribution in [-0.2, 0) is 6.18 Å². The van der Waals surface area contributed by atoms with Crippen molar-refractivity contribution in [1.29, 1.82) is 0 Å². The lowest BCUT2D eigenvalue weighted by Gasteiger charge is -2.14. The largest absolute Gasteiger partial charge is 0.484 e. The van der Waals surface area contributed by atoms with E-state index in [4.69, 9.17) is 0 Å². The van der Waals surface area contributed by atoms with Gasteiger partial charge >= 0.3 is 12.4 Å². The van der Waals surface area contributed by atoms with Crippen LogP contribution in [0.3, 0.4) is 0 Å². The van der Waals surface area contributed by atoms with Crippen LogP contribution in [0.4, 0.5) is 31.5 Å². The van der Waals surface area contributed by atoms with Gasteiger partial charge in [-0.3, -0.25) is 14.8 Å². The van der Waals surface area contributed by atoms with E-state index in [0.717, 1.165) is 17.5 Å². The first-order valence-electron chi connectivity index (χ1n) is 8.41. The lowest BCUT2D eigenvalue weighted by molar-refractivity contribution is -0.153. The maximum atomic E-state index is 13.4. The summed E-state index contributed by atoms with van der Waals surface area (Å²) in [6.07, 6.45) is -8.47. The first-order valence-corrected chi connectivity index (χ1v) is 9.23. The number of carbonyl (C=O) groups excluding carboxylic acids is 1. The molecule has 0 aliphatic rings. The van der Waals surface area contributed by atoms with Crippen molar-refractivity contribution in [2.75, 3.05) is 11.9 Å². The number of carbonyl (C=O) groups is 1. The monoisotopic (exact) mass is 452 g/mol. The van der Waals surface area contributed by atoms with Crippen LogP contribution in [0.5, 0.6) is 5.75 Å². The summed E-state index contributed by atoms with van der Waals surface area (Å²) in [5, 5.41) is 5.91. The van der Waals surface area contributed by atoms with Gasteiger partial charge in [-0.25, -0.2) is 4.98 Å². The molecule has 162 valence electrons. The Morgan fingerprint density at radius 2 is 1.93 bits per heavy atom. The number of ether oxygens (including phenoxy) is 1. The predicted molar refractivity (Wildman–Crippen MR) is 96.7 cm³/mol. The quantitative estimate of drug-likeness (QED) is 0.535. The van der Waals surface area contributed by atoms with Crippen LogP contribution in [0.25, 0.3) is 10.2 Å². The minimum atomic E-state index is -4.80. The van der Waals surface area contributed by atoms with Gasteiger partial charge in [-0.2, -0.15) is 31.4 Å². The number of aromatic nitrogens is 3. The Morgan fingerprint density at radius 3 is 2.53 bits per heavy atom. The molecule has 0 aliphatic heterocycles. The van der Waals surface area contributed by atoms with Gasteiger partial charge in [0.05, 0.1) is 22.0 Å². The van der Waals surface area contributed by atoms with Crippen molar-refractivity contribution < 1.29 is 35.9 Å². The van der Waals surface area contributed by atoms with E-state index in [1.807, 2.05) is 0 Å². The van der Waals surface area contributed by atoms with Gasteiger partial charge in [-0.1, -0.05) is 11.3 Å². The number of fused-ring (bicyclic) bond motifs is 1. The number of halogens is 6. The van der Waals surface area contributed by atoms with Crippen molar-refractivity contribution >= 4 is 32.6 Å². The average Bonchev–Trinajstić information content (AvgIpc) is 3.22. The van der Waals surface area contributed by atoms with E-state index in [2.05, 4.69) is 20.1 Å². The summed E-state index contributed by atoms with van der Waals surface area (Å²) in [6, 6.07) is 3.33. The maximum Gasteiger partial charge on any atom is 0.433 e. The second-order valence-corrected chi connectivity index (χ2v) is 7.48. The standard InChI is InChI=1S/C17H14F6N4O2S/c1-8(2)27-13(17(21,22)23)10(6-24-27)14(28)26-15-25-11-4-3-9(5-12(11)30-15)29-7-16(18,19)20/h3-6,8H,7H2,1-2H3,(H,25,26,28). The van der Waals surface area contributed by atoms with Crippen LogP contribution in [0.15, 0.2) is 24.4 Å². The maximum absolute atomic E-state index is 13.4.